The number of nitrogens with zero attached hydrogens (tertiary/aromatic N) is 2. The second-order valence-electron chi connectivity index (χ2n) is 5.92. The molecule has 0 aliphatic carbocycles. The van der Waals surface area contributed by atoms with E-state index in [2.05, 4.69) is 4.98 Å². The molecule has 0 bridgehead atoms. The lowest BCUT2D eigenvalue weighted by Crippen LogP contribution is -2.16. The Bertz CT molecular complexity index is 1200. The summed E-state index contributed by atoms with van der Waals surface area (Å²) in [6.07, 6.45) is -3.84. The summed E-state index contributed by atoms with van der Waals surface area (Å²) in [4.78, 5) is 14.7. The lowest BCUT2D eigenvalue weighted by molar-refractivity contribution is -0.138. The monoisotopic (exact) mass is 432 g/mol. The molecule has 0 aliphatic heterocycles. The van der Waals surface area contributed by atoms with Crippen molar-refractivity contribution in [2.24, 2.45) is 0 Å². The van der Waals surface area contributed by atoms with Crippen molar-refractivity contribution in [3.63, 3.8) is 0 Å². The van der Waals surface area contributed by atoms with E-state index in [9.17, 15) is 26.4 Å². The standard InChI is InChI=1S/C17H12ClF3N2O4S/c1-9-12(8-15(24)25)11-3-2-6-22-16(11)23(9)28(26,27)10-4-5-13(14(18)7-10)17(19,20)21/h2-7H,8H2,1H3,(H,24,25). The van der Waals surface area contributed by atoms with E-state index in [-0.39, 0.29) is 16.9 Å². The van der Waals surface area contributed by atoms with Gasteiger partial charge in [0.2, 0.25) is 0 Å². The van der Waals surface area contributed by atoms with Crippen LogP contribution >= 0.6 is 11.6 Å². The maximum Gasteiger partial charge on any atom is 0.417 e. The summed E-state index contributed by atoms with van der Waals surface area (Å²) in [6.45, 7) is 1.41. The van der Waals surface area contributed by atoms with Crippen molar-refractivity contribution in [1.29, 1.82) is 0 Å². The predicted molar refractivity (Wildman–Crippen MR) is 94.8 cm³/mol. The number of halogens is 4. The number of fused-ring (bicyclic) bond motifs is 1. The van der Waals surface area contributed by atoms with E-state index < -0.39 is 44.1 Å². The van der Waals surface area contributed by atoms with E-state index in [0.717, 1.165) is 10.0 Å². The molecule has 11 heteroatoms. The molecule has 1 N–H and O–H groups in total. The van der Waals surface area contributed by atoms with Crippen LogP contribution in [0.5, 0.6) is 0 Å². The highest BCUT2D eigenvalue weighted by atomic mass is 35.5. The van der Waals surface area contributed by atoms with Crippen molar-refractivity contribution in [3.05, 3.63) is 58.4 Å². The molecule has 2 aromatic heterocycles. The molecule has 0 radical (unpaired) electrons. The third kappa shape index (κ3) is 3.33. The van der Waals surface area contributed by atoms with Gasteiger partial charge in [-0.25, -0.2) is 17.4 Å². The highest BCUT2D eigenvalue weighted by molar-refractivity contribution is 7.90. The third-order valence-electron chi connectivity index (χ3n) is 4.16. The Balaban J connectivity index is 2.26. The molecule has 0 unspecified atom stereocenters. The minimum Gasteiger partial charge on any atom is -0.481 e. The zero-order valence-corrected chi connectivity index (χ0v) is 15.7. The molecule has 0 saturated carbocycles. The van der Waals surface area contributed by atoms with Gasteiger partial charge in [-0.2, -0.15) is 13.2 Å². The Morgan fingerprint density at radius 2 is 1.96 bits per heavy atom. The SMILES string of the molecule is Cc1c(CC(=O)O)c2cccnc2n1S(=O)(=O)c1ccc(C(F)(F)F)c(Cl)c1. The molecule has 2 heterocycles. The average molecular weight is 433 g/mol. The van der Waals surface area contributed by atoms with Crippen molar-refractivity contribution in [2.75, 3.05) is 0 Å². The topological polar surface area (TPSA) is 89.3 Å². The molecular weight excluding hydrogens is 421 g/mol. The molecule has 0 spiro atoms. The first-order valence-electron chi connectivity index (χ1n) is 7.73. The van der Waals surface area contributed by atoms with Gasteiger partial charge in [0.25, 0.3) is 10.0 Å². The van der Waals surface area contributed by atoms with Crippen LogP contribution in [-0.4, -0.2) is 28.5 Å². The van der Waals surface area contributed by atoms with Crippen LogP contribution in [0.1, 0.15) is 16.8 Å². The number of carboxylic acids is 1. The molecule has 3 rings (SSSR count). The molecule has 6 nitrogen and oxygen atoms in total. The fraction of sp³-hybridized carbons (Fsp3) is 0.176. The Morgan fingerprint density at radius 1 is 1.29 bits per heavy atom. The molecule has 3 aromatic rings. The molecule has 0 atom stereocenters. The molecular formula is C17H12ClF3N2O4S. The first-order chi connectivity index (χ1) is 12.9. The maximum atomic E-state index is 13.1. The predicted octanol–water partition coefficient (Wildman–Crippen LogP) is 3.88. The lowest BCUT2D eigenvalue weighted by Gasteiger charge is -2.13. The quantitative estimate of drug-likeness (QED) is 0.675. The summed E-state index contributed by atoms with van der Waals surface area (Å²) in [5.41, 5.74) is -0.830. The van der Waals surface area contributed by atoms with Crippen molar-refractivity contribution in [3.8, 4) is 0 Å². The number of benzene rings is 1. The van der Waals surface area contributed by atoms with Gasteiger partial charge in [0.15, 0.2) is 5.65 Å². The van der Waals surface area contributed by atoms with Crippen LogP contribution in [0.3, 0.4) is 0 Å². The lowest BCUT2D eigenvalue weighted by atomic mass is 10.1. The first kappa shape index (κ1) is 20.2. The van der Waals surface area contributed by atoms with Crippen LogP contribution in [0.2, 0.25) is 5.02 Å². The number of carbonyl (C=O) groups is 1. The van der Waals surface area contributed by atoms with E-state index in [1.165, 1.54) is 25.3 Å². The summed E-state index contributed by atoms with van der Waals surface area (Å²) in [7, 11) is -4.39. The highest BCUT2D eigenvalue weighted by Crippen LogP contribution is 2.37. The van der Waals surface area contributed by atoms with Gasteiger partial charge in [0.05, 0.1) is 21.9 Å². The van der Waals surface area contributed by atoms with Crippen LogP contribution in [0.15, 0.2) is 41.4 Å². The summed E-state index contributed by atoms with van der Waals surface area (Å²) in [6, 6.07) is 5.15. The maximum absolute atomic E-state index is 13.1. The Labute approximate surface area is 162 Å². The molecule has 0 aliphatic rings. The van der Waals surface area contributed by atoms with E-state index >= 15 is 0 Å². The highest BCUT2D eigenvalue weighted by Gasteiger charge is 2.34. The fourth-order valence-corrected chi connectivity index (χ4v) is 4.84. The van der Waals surface area contributed by atoms with Crippen LogP contribution in [-0.2, 0) is 27.4 Å². The largest absolute Gasteiger partial charge is 0.481 e. The van der Waals surface area contributed by atoms with Crippen LogP contribution in [0.25, 0.3) is 11.0 Å². The second kappa shape index (κ2) is 6.78. The van der Waals surface area contributed by atoms with Crippen molar-refractivity contribution < 1.29 is 31.5 Å². The number of aliphatic carboxylic acids is 1. The minimum absolute atomic E-state index is 0.0210. The Kier molecular flexibility index (Phi) is 4.88. The Hall–Kier alpha value is -2.59. The van der Waals surface area contributed by atoms with E-state index in [4.69, 9.17) is 16.7 Å². The second-order valence-corrected chi connectivity index (χ2v) is 8.11. The van der Waals surface area contributed by atoms with Gasteiger partial charge in [-0.15, -0.1) is 0 Å². The zero-order valence-electron chi connectivity index (χ0n) is 14.2. The minimum atomic E-state index is -4.73. The summed E-state index contributed by atoms with van der Waals surface area (Å²) in [5.74, 6) is -1.17. The van der Waals surface area contributed by atoms with Crippen LogP contribution in [0.4, 0.5) is 13.2 Å². The fourth-order valence-electron chi connectivity index (χ4n) is 2.93. The van der Waals surface area contributed by atoms with Crippen molar-refractivity contribution in [1.82, 2.24) is 8.96 Å². The number of carboxylic acid groups (broad SMARTS) is 1. The van der Waals surface area contributed by atoms with Gasteiger partial charge in [0.1, 0.15) is 0 Å². The van der Waals surface area contributed by atoms with Gasteiger partial charge < -0.3 is 5.11 Å². The van der Waals surface area contributed by atoms with Crippen LogP contribution in [0, 0.1) is 6.92 Å². The van der Waals surface area contributed by atoms with Gasteiger partial charge >= 0.3 is 12.1 Å². The van der Waals surface area contributed by atoms with Crippen molar-refractivity contribution in [2.45, 2.75) is 24.4 Å². The third-order valence-corrected chi connectivity index (χ3v) is 6.25. The molecule has 148 valence electrons. The summed E-state index contributed by atoms with van der Waals surface area (Å²) in [5, 5.41) is 8.68. The van der Waals surface area contributed by atoms with Crippen molar-refractivity contribution >= 4 is 38.6 Å². The van der Waals surface area contributed by atoms with Gasteiger partial charge in [-0.1, -0.05) is 11.6 Å². The number of alkyl halides is 3. The van der Waals surface area contributed by atoms with Gasteiger partial charge in [-0.05, 0) is 42.8 Å². The van der Waals surface area contributed by atoms with E-state index in [1.807, 2.05) is 0 Å². The molecule has 0 fully saturated rings. The average Bonchev–Trinajstić information content (AvgIpc) is 2.86. The van der Waals surface area contributed by atoms with E-state index in [1.54, 1.807) is 0 Å². The van der Waals surface area contributed by atoms with Gasteiger partial charge in [0, 0.05) is 17.3 Å². The van der Waals surface area contributed by atoms with Crippen LogP contribution < -0.4 is 0 Å². The molecule has 1 aromatic carbocycles. The number of aromatic nitrogens is 2. The Morgan fingerprint density at radius 3 is 2.54 bits per heavy atom. The van der Waals surface area contributed by atoms with Gasteiger partial charge in [-0.3, -0.25) is 4.79 Å². The smallest absolute Gasteiger partial charge is 0.417 e. The number of hydrogen-bond acceptors (Lipinski definition) is 4. The number of pyridine rings is 1. The molecule has 28 heavy (non-hydrogen) atoms. The first-order valence-corrected chi connectivity index (χ1v) is 9.55. The normalized spacial score (nSPS) is 12.5. The molecule has 0 saturated heterocycles. The summed E-state index contributed by atoms with van der Waals surface area (Å²) < 4.78 is 65.7. The summed E-state index contributed by atoms with van der Waals surface area (Å²) >= 11 is 5.65. The zero-order chi connectivity index (χ0) is 20.9. The number of rotatable bonds is 4. The van der Waals surface area contributed by atoms with E-state index in [0.29, 0.717) is 17.5 Å². The molecule has 0 amide bonds. The number of hydrogen-bond donors (Lipinski definition) is 1.